The Hall–Kier alpha value is -1.50. The van der Waals surface area contributed by atoms with E-state index in [2.05, 4.69) is 6.07 Å². The zero-order valence-corrected chi connectivity index (χ0v) is 6.83. The molecule has 0 aliphatic heterocycles. The van der Waals surface area contributed by atoms with E-state index < -0.39 is 0 Å². The van der Waals surface area contributed by atoms with Gasteiger partial charge in [0.1, 0.15) is 5.75 Å². The molecule has 0 saturated carbocycles. The van der Waals surface area contributed by atoms with Crippen LogP contribution in [0.4, 0.5) is 0 Å². The minimum absolute atomic E-state index is 0.314. The molecule has 0 fully saturated rings. The molecule has 0 aliphatic rings. The first-order chi connectivity index (χ1) is 5.77. The molecular formula is C11H9O. The van der Waals surface area contributed by atoms with Crippen molar-refractivity contribution in [3.05, 3.63) is 42.0 Å². The fraction of sp³-hybridized carbons (Fsp3) is 0.0909. The molecule has 0 saturated heterocycles. The summed E-state index contributed by atoms with van der Waals surface area (Å²) in [5.74, 6) is 0.314. The summed E-state index contributed by atoms with van der Waals surface area (Å²) in [6.45, 7) is 1.85. The molecule has 2 aromatic carbocycles. The van der Waals surface area contributed by atoms with Gasteiger partial charge >= 0.3 is 0 Å². The molecule has 0 amide bonds. The highest BCUT2D eigenvalue weighted by Crippen LogP contribution is 2.22. The van der Waals surface area contributed by atoms with Gasteiger partial charge in [-0.3, -0.25) is 0 Å². The molecule has 1 nitrogen and oxygen atoms in total. The van der Waals surface area contributed by atoms with Crippen LogP contribution in [0.3, 0.4) is 0 Å². The molecule has 12 heavy (non-hydrogen) atoms. The van der Waals surface area contributed by atoms with E-state index in [1.807, 2.05) is 31.2 Å². The minimum Gasteiger partial charge on any atom is -0.508 e. The first kappa shape index (κ1) is 7.17. The minimum atomic E-state index is 0.314. The van der Waals surface area contributed by atoms with Gasteiger partial charge in [-0.1, -0.05) is 24.3 Å². The molecule has 1 heteroatoms. The maximum atomic E-state index is 9.39. The Kier molecular flexibility index (Phi) is 1.51. The average Bonchev–Trinajstić information content (AvgIpc) is 2.07. The van der Waals surface area contributed by atoms with Crippen LogP contribution in [0.15, 0.2) is 30.3 Å². The SMILES string of the molecule is Cc1[c]c2ccccc2cc1O. The number of rotatable bonds is 0. The lowest BCUT2D eigenvalue weighted by molar-refractivity contribution is 0.472. The number of fused-ring (bicyclic) bond motifs is 1. The molecule has 2 aromatic rings. The Morgan fingerprint density at radius 1 is 1.25 bits per heavy atom. The summed E-state index contributed by atoms with van der Waals surface area (Å²) in [4.78, 5) is 0. The Bertz CT molecular complexity index is 378. The summed E-state index contributed by atoms with van der Waals surface area (Å²) in [5, 5.41) is 11.5. The van der Waals surface area contributed by atoms with Crippen LogP contribution >= 0.6 is 0 Å². The summed E-state index contributed by atoms with van der Waals surface area (Å²) in [6.07, 6.45) is 0. The first-order valence-electron chi connectivity index (χ1n) is 3.88. The topological polar surface area (TPSA) is 20.2 Å². The van der Waals surface area contributed by atoms with E-state index in [1.54, 1.807) is 6.07 Å². The fourth-order valence-corrected chi connectivity index (χ4v) is 1.26. The monoisotopic (exact) mass is 157 g/mol. The highest BCUT2D eigenvalue weighted by Gasteiger charge is 1.98. The van der Waals surface area contributed by atoms with Gasteiger partial charge in [-0.25, -0.2) is 0 Å². The van der Waals surface area contributed by atoms with Crippen LogP contribution in [0.1, 0.15) is 5.56 Å². The summed E-state index contributed by atoms with van der Waals surface area (Å²) < 4.78 is 0. The van der Waals surface area contributed by atoms with Crippen LogP contribution in [0.5, 0.6) is 5.75 Å². The zero-order chi connectivity index (χ0) is 8.55. The van der Waals surface area contributed by atoms with Gasteiger partial charge in [0.15, 0.2) is 0 Å². The Morgan fingerprint density at radius 2 is 2.00 bits per heavy atom. The molecule has 1 N–H and O–H groups in total. The third-order valence-corrected chi connectivity index (χ3v) is 1.96. The number of phenols is 1. The van der Waals surface area contributed by atoms with Crippen molar-refractivity contribution in [2.45, 2.75) is 6.92 Å². The van der Waals surface area contributed by atoms with E-state index in [4.69, 9.17) is 0 Å². The van der Waals surface area contributed by atoms with Gasteiger partial charge in [0.05, 0.1) is 0 Å². The van der Waals surface area contributed by atoms with Crippen molar-refractivity contribution in [2.24, 2.45) is 0 Å². The number of hydrogen-bond acceptors (Lipinski definition) is 1. The number of hydrogen-bond donors (Lipinski definition) is 1. The van der Waals surface area contributed by atoms with Gasteiger partial charge in [0.25, 0.3) is 0 Å². The van der Waals surface area contributed by atoms with Gasteiger partial charge in [0.2, 0.25) is 0 Å². The Balaban J connectivity index is 2.84. The Labute approximate surface area is 71.3 Å². The first-order valence-corrected chi connectivity index (χ1v) is 3.88. The van der Waals surface area contributed by atoms with E-state index in [0.717, 1.165) is 16.3 Å². The van der Waals surface area contributed by atoms with E-state index in [-0.39, 0.29) is 0 Å². The lowest BCUT2D eigenvalue weighted by Gasteiger charge is -2.00. The van der Waals surface area contributed by atoms with Crippen LogP contribution < -0.4 is 0 Å². The summed E-state index contributed by atoms with van der Waals surface area (Å²) in [7, 11) is 0. The predicted octanol–water partition coefficient (Wildman–Crippen LogP) is 2.65. The van der Waals surface area contributed by atoms with Crippen LogP contribution in [0.2, 0.25) is 0 Å². The van der Waals surface area contributed by atoms with Gasteiger partial charge in [-0.05, 0) is 35.4 Å². The molecular weight excluding hydrogens is 148 g/mol. The van der Waals surface area contributed by atoms with E-state index in [9.17, 15) is 5.11 Å². The second kappa shape index (κ2) is 2.52. The molecule has 59 valence electrons. The number of aryl methyl sites for hydroxylation is 1. The normalized spacial score (nSPS) is 10.4. The smallest absolute Gasteiger partial charge is 0.119 e. The second-order valence-electron chi connectivity index (χ2n) is 2.87. The molecule has 2 rings (SSSR count). The van der Waals surface area contributed by atoms with Crippen molar-refractivity contribution in [3.8, 4) is 5.75 Å². The molecule has 0 heterocycles. The molecule has 0 aliphatic carbocycles. The van der Waals surface area contributed by atoms with Gasteiger partial charge in [-0.15, -0.1) is 0 Å². The van der Waals surface area contributed by atoms with Crippen molar-refractivity contribution in [1.29, 1.82) is 0 Å². The van der Waals surface area contributed by atoms with E-state index >= 15 is 0 Å². The Morgan fingerprint density at radius 3 is 2.83 bits per heavy atom. The van der Waals surface area contributed by atoms with Crippen LogP contribution in [-0.2, 0) is 0 Å². The lowest BCUT2D eigenvalue weighted by atomic mass is 10.1. The van der Waals surface area contributed by atoms with Crippen molar-refractivity contribution in [1.82, 2.24) is 0 Å². The zero-order valence-electron chi connectivity index (χ0n) is 6.83. The third-order valence-electron chi connectivity index (χ3n) is 1.96. The lowest BCUT2D eigenvalue weighted by Crippen LogP contribution is -1.77. The maximum Gasteiger partial charge on any atom is 0.119 e. The number of benzene rings is 2. The van der Waals surface area contributed by atoms with Crippen LogP contribution in [-0.4, -0.2) is 5.11 Å². The number of phenolic OH excluding ortho intramolecular Hbond substituents is 1. The molecule has 0 atom stereocenters. The van der Waals surface area contributed by atoms with Gasteiger partial charge in [-0.2, -0.15) is 0 Å². The van der Waals surface area contributed by atoms with Crippen molar-refractivity contribution in [2.75, 3.05) is 0 Å². The number of aromatic hydroxyl groups is 1. The second-order valence-corrected chi connectivity index (χ2v) is 2.87. The van der Waals surface area contributed by atoms with Crippen LogP contribution in [0, 0.1) is 13.0 Å². The summed E-state index contributed by atoms with van der Waals surface area (Å²) in [5.41, 5.74) is 0.800. The molecule has 0 spiro atoms. The third kappa shape index (κ3) is 1.03. The predicted molar refractivity (Wildman–Crippen MR) is 49.2 cm³/mol. The van der Waals surface area contributed by atoms with Crippen LogP contribution in [0.25, 0.3) is 10.8 Å². The highest BCUT2D eigenvalue weighted by molar-refractivity contribution is 5.84. The van der Waals surface area contributed by atoms with Gasteiger partial charge in [0, 0.05) is 0 Å². The fourth-order valence-electron chi connectivity index (χ4n) is 1.26. The summed E-state index contributed by atoms with van der Waals surface area (Å²) in [6, 6.07) is 12.7. The molecule has 1 radical (unpaired) electrons. The molecule has 0 aromatic heterocycles. The standard InChI is InChI=1S/C11H9O/c1-8-6-9-4-2-3-5-10(9)7-11(8)12/h2-5,7,12H,1H3. The average molecular weight is 157 g/mol. The largest absolute Gasteiger partial charge is 0.508 e. The quantitative estimate of drug-likeness (QED) is 0.623. The highest BCUT2D eigenvalue weighted by atomic mass is 16.3. The van der Waals surface area contributed by atoms with E-state index in [0.29, 0.717) is 5.75 Å². The molecule has 0 unspecified atom stereocenters. The van der Waals surface area contributed by atoms with Crippen molar-refractivity contribution < 1.29 is 5.11 Å². The van der Waals surface area contributed by atoms with Crippen molar-refractivity contribution >= 4 is 10.8 Å². The van der Waals surface area contributed by atoms with E-state index in [1.165, 1.54) is 0 Å². The van der Waals surface area contributed by atoms with Crippen molar-refractivity contribution in [3.63, 3.8) is 0 Å². The van der Waals surface area contributed by atoms with Gasteiger partial charge < -0.3 is 5.11 Å². The summed E-state index contributed by atoms with van der Waals surface area (Å²) >= 11 is 0. The molecule has 0 bridgehead atoms. The maximum absolute atomic E-state index is 9.39.